The van der Waals surface area contributed by atoms with Gasteiger partial charge in [-0.3, -0.25) is 4.90 Å². The molecule has 1 N–H and O–H groups in total. The van der Waals surface area contributed by atoms with E-state index in [0.29, 0.717) is 5.75 Å². The maximum Gasteiger partial charge on any atom is 0.179 e. The Kier molecular flexibility index (Phi) is 4.15. The first-order valence-corrected chi connectivity index (χ1v) is 11.6. The molecule has 2 aliphatic heterocycles. The van der Waals surface area contributed by atoms with Crippen molar-refractivity contribution in [3.05, 3.63) is 52.7 Å². The van der Waals surface area contributed by atoms with E-state index in [9.17, 15) is 8.42 Å². The van der Waals surface area contributed by atoms with Gasteiger partial charge in [0.2, 0.25) is 0 Å². The number of fused-ring (bicyclic) bond motifs is 6. The molecule has 5 rings (SSSR count). The molecule has 2 aliphatic rings. The number of benzene rings is 2. The number of nitrogens with zero attached hydrogens (tertiary/aromatic N) is 1. The van der Waals surface area contributed by atoms with Gasteiger partial charge < -0.3 is 14.5 Å². The molecule has 6 nitrogen and oxygen atoms in total. The second-order valence-corrected chi connectivity index (χ2v) is 9.89. The minimum atomic E-state index is -3.38. The lowest BCUT2D eigenvalue weighted by Gasteiger charge is -2.40. The zero-order valence-electron chi connectivity index (χ0n) is 16.8. The number of hydrogen-bond acceptors (Lipinski definition) is 5. The number of hydrogen-bond donors (Lipinski definition) is 1. The van der Waals surface area contributed by atoms with Gasteiger partial charge in [0.1, 0.15) is 16.4 Å². The van der Waals surface area contributed by atoms with Crippen LogP contribution in [-0.4, -0.2) is 45.3 Å². The minimum Gasteiger partial charge on any atom is -0.497 e. The smallest absolute Gasteiger partial charge is 0.179 e. The summed E-state index contributed by atoms with van der Waals surface area (Å²) in [6, 6.07) is 10.0. The minimum absolute atomic E-state index is 0.155. The Hall–Kier alpha value is -2.51. The summed E-state index contributed by atoms with van der Waals surface area (Å²) in [5, 5.41) is 1.18. The summed E-state index contributed by atoms with van der Waals surface area (Å²) in [5.74, 6) is 1.28. The molecular formula is C22H24N2O4S. The maximum absolute atomic E-state index is 12.3. The van der Waals surface area contributed by atoms with Crippen LogP contribution in [0, 0.1) is 0 Å². The molecule has 0 unspecified atom stereocenters. The van der Waals surface area contributed by atoms with Crippen molar-refractivity contribution >= 4 is 20.7 Å². The maximum atomic E-state index is 12.3. The van der Waals surface area contributed by atoms with E-state index in [2.05, 4.69) is 22.0 Å². The number of aromatic amines is 1. The highest BCUT2D eigenvalue weighted by atomic mass is 32.2. The molecule has 152 valence electrons. The average molecular weight is 413 g/mol. The highest BCUT2D eigenvalue weighted by Crippen LogP contribution is 2.43. The summed E-state index contributed by atoms with van der Waals surface area (Å²) in [4.78, 5) is 6.28. The van der Waals surface area contributed by atoms with Gasteiger partial charge in [0.15, 0.2) is 9.84 Å². The summed E-state index contributed by atoms with van der Waals surface area (Å²) in [6.45, 7) is 1.77. The highest BCUT2D eigenvalue weighted by Gasteiger charge is 2.35. The second-order valence-electron chi connectivity index (χ2n) is 7.91. The van der Waals surface area contributed by atoms with Crippen molar-refractivity contribution in [2.45, 2.75) is 30.3 Å². The lowest BCUT2D eigenvalue weighted by molar-refractivity contribution is 0.159. The first-order valence-electron chi connectivity index (χ1n) is 9.71. The van der Waals surface area contributed by atoms with Crippen molar-refractivity contribution in [2.24, 2.45) is 0 Å². The van der Waals surface area contributed by atoms with E-state index < -0.39 is 9.84 Å². The van der Waals surface area contributed by atoms with E-state index in [-0.39, 0.29) is 10.9 Å². The molecule has 0 amide bonds. The van der Waals surface area contributed by atoms with Crippen LogP contribution in [0.1, 0.15) is 28.4 Å². The van der Waals surface area contributed by atoms with Gasteiger partial charge in [-0.05, 0) is 59.9 Å². The fourth-order valence-electron chi connectivity index (χ4n) is 4.81. The van der Waals surface area contributed by atoms with Crippen LogP contribution in [0.2, 0.25) is 0 Å². The van der Waals surface area contributed by atoms with Crippen LogP contribution in [0.5, 0.6) is 11.5 Å². The molecule has 0 aliphatic carbocycles. The molecule has 3 aromatic rings. The van der Waals surface area contributed by atoms with Gasteiger partial charge in [0, 0.05) is 42.0 Å². The third kappa shape index (κ3) is 2.91. The Morgan fingerprint density at radius 1 is 1.14 bits per heavy atom. The quantitative estimate of drug-likeness (QED) is 0.715. The van der Waals surface area contributed by atoms with Gasteiger partial charge in [-0.1, -0.05) is 0 Å². The zero-order chi connectivity index (χ0) is 20.3. The Labute approximate surface area is 170 Å². The van der Waals surface area contributed by atoms with Gasteiger partial charge in [-0.15, -0.1) is 0 Å². The molecule has 1 atom stereocenters. The van der Waals surface area contributed by atoms with Crippen molar-refractivity contribution in [2.75, 3.05) is 27.0 Å². The van der Waals surface area contributed by atoms with E-state index in [4.69, 9.17) is 9.47 Å². The standard InChI is InChI=1S/C22H24N2O4S/c1-27-14-4-5-18-16(9-14)17-10-20-15-11-22(29(3,25)26)21(28-2)8-13(15)6-7-24(20)12-19(17)23-18/h4-5,8-9,11,20,23H,6-7,10,12H2,1-3H3/t20-/m0/s1. The first kappa shape index (κ1) is 18.5. The van der Waals surface area contributed by atoms with E-state index in [1.807, 2.05) is 18.2 Å². The third-order valence-electron chi connectivity index (χ3n) is 6.25. The number of methoxy groups -OCH3 is 2. The third-order valence-corrected chi connectivity index (χ3v) is 7.37. The predicted octanol–water partition coefficient (Wildman–Crippen LogP) is 3.24. The van der Waals surface area contributed by atoms with Gasteiger partial charge in [-0.25, -0.2) is 8.42 Å². The number of nitrogens with one attached hydrogen (secondary N) is 1. The second kappa shape index (κ2) is 6.50. The number of sulfone groups is 1. The Morgan fingerprint density at radius 3 is 2.69 bits per heavy atom. The Morgan fingerprint density at radius 2 is 1.97 bits per heavy atom. The van der Waals surface area contributed by atoms with Crippen LogP contribution >= 0.6 is 0 Å². The van der Waals surface area contributed by atoms with E-state index in [1.54, 1.807) is 7.11 Å². The van der Waals surface area contributed by atoms with E-state index in [1.165, 1.54) is 35.6 Å². The zero-order valence-corrected chi connectivity index (χ0v) is 17.6. The van der Waals surface area contributed by atoms with Gasteiger partial charge in [0.25, 0.3) is 0 Å². The van der Waals surface area contributed by atoms with Crippen LogP contribution in [-0.2, 0) is 29.2 Å². The van der Waals surface area contributed by atoms with E-state index >= 15 is 0 Å². The Balaban J connectivity index is 1.64. The number of aromatic nitrogens is 1. The van der Waals surface area contributed by atoms with Crippen molar-refractivity contribution in [3.63, 3.8) is 0 Å². The summed E-state index contributed by atoms with van der Waals surface area (Å²) >= 11 is 0. The molecule has 0 saturated carbocycles. The number of ether oxygens (including phenoxy) is 2. The van der Waals surface area contributed by atoms with Gasteiger partial charge in [0.05, 0.1) is 14.2 Å². The lowest BCUT2D eigenvalue weighted by atomic mass is 9.85. The van der Waals surface area contributed by atoms with Crippen molar-refractivity contribution in [1.82, 2.24) is 9.88 Å². The summed E-state index contributed by atoms with van der Waals surface area (Å²) in [6.07, 6.45) is 2.96. The van der Waals surface area contributed by atoms with E-state index in [0.717, 1.165) is 42.8 Å². The van der Waals surface area contributed by atoms with Crippen LogP contribution in [0.25, 0.3) is 10.9 Å². The molecule has 0 radical (unpaired) electrons. The average Bonchev–Trinajstić information content (AvgIpc) is 3.07. The van der Waals surface area contributed by atoms with Gasteiger partial charge >= 0.3 is 0 Å². The normalized spacial score (nSPS) is 18.8. The summed E-state index contributed by atoms with van der Waals surface area (Å²) in [5.41, 5.74) is 5.92. The fraction of sp³-hybridized carbons (Fsp3) is 0.364. The molecule has 0 fully saturated rings. The lowest BCUT2D eigenvalue weighted by Crippen LogP contribution is -2.39. The molecule has 0 spiro atoms. The topological polar surface area (TPSA) is 71.6 Å². The molecule has 3 heterocycles. The fourth-order valence-corrected chi connectivity index (χ4v) is 5.66. The van der Waals surface area contributed by atoms with Crippen LogP contribution < -0.4 is 9.47 Å². The first-order chi connectivity index (χ1) is 13.9. The van der Waals surface area contributed by atoms with Crippen LogP contribution in [0.4, 0.5) is 0 Å². The summed E-state index contributed by atoms with van der Waals surface area (Å²) in [7, 11) is -0.171. The van der Waals surface area contributed by atoms with Crippen molar-refractivity contribution in [1.29, 1.82) is 0 Å². The number of rotatable bonds is 3. The molecule has 0 saturated heterocycles. The molecule has 7 heteroatoms. The SMILES string of the molecule is COc1ccc2[nH]c3c(c2c1)C[C@H]1c2cc(S(C)(=O)=O)c(OC)cc2CCN1C3. The monoisotopic (exact) mass is 412 g/mol. The highest BCUT2D eigenvalue weighted by molar-refractivity contribution is 7.90. The van der Waals surface area contributed by atoms with Crippen molar-refractivity contribution in [3.8, 4) is 11.5 Å². The largest absolute Gasteiger partial charge is 0.497 e. The van der Waals surface area contributed by atoms with Gasteiger partial charge in [-0.2, -0.15) is 0 Å². The predicted molar refractivity (Wildman–Crippen MR) is 112 cm³/mol. The molecule has 29 heavy (non-hydrogen) atoms. The molecular weight excluding hydrogens is 388 g/mol. The number of H-pyrrole nitrogens is 1. The summed E-state index contributed by atoms with van der Waals surface area (Å²) < 4.78 is 35.5. The molecule has 0 bridgehead atoms. The van der Waals surface area contributed by atoms with Crippen LogP contribution in [0.15, 0.2) is 35.2 Å². The van der Waals surface area contributed by atoms with Crippen LogP contribution in [0.3, 0.4) is 0 Å². The van der Waals surface area contributed by atoms with Crippen molar-refractivity contribution < 1.29 is 17.9 Å². The molecule has 1 aromatic heterocycles. The molecule has 2 aromatic carbocycles. The Bertz CT molecular complexity index is 1230.